The normalized spacial score (nSPS) is 22.9. The second kappa shape index (κ2) is 5.78. The highest BCUT2D eigenvalue weighted by Crippen LogP contribution is 2.31. The lowest BCUT2D eigenvalue weighted by Gasteiger charge is -2.27. The molecule has 1 atom stereocenters. The highest BCUT2D eigenvalue weighted by molar-refractivity contribution is 7.91. The van der Waals surface area contributed by atoms with E-state index < -0.39 is 9.84 Å². The maximum Gasteiger partial charge on any atom is 0.258 e. The topological polar surface area (TPSA) is 84.7 Å². The fraction of sp³-hybridized carbons (Fsp3) is 0.625. The summed E-state index contributed by atoms with van der Waals surface area (Å²) in [6.07, 6.45) is 2.29. The Labute approximate surface area is 135 Å². The Morgan fingerprint density at radius 3 is 2.70 bits per heavy atom. The second-order valence-corrected chi connectivity index (χ2v) is 8.48. The standard InChI is InChI=1S/C16H21NO5S/c1-3-17(11-7-8-23(20,21)9-11)16(19)14-10(2)22-13-6-4-5-12(18)15(13)14/h11H,3-9H2,1-2H3/t11-/m1/s1. The zero-order valence-corrected chi connectivity index (χ0v) is 14.2. The number of aryl methyl sites for hydroxylation is 2. The SMILES string of the molecule is CCN(C(=O)c1c(C)oc2c1C(=O)CCC2)[C@@H]1CCS(=O)(=O)C1. The summed E-state index contributed by atoms with van der Waals surface area (Å²) in [7, 11) is -3.08. The molecule has 1 aromatic heterocycles. The Balaban J connectivity index is 1.96. The minimum Gasteiger partial charge on any atom is -0.465 e. The Kier molecular flexibility index (Phi) is 4.08. The van der Waals surface area contributed by atoms with Crippen LogP contribution >= 0.6 is 0 Å². The van der Waals surface area contributed by atoms with E-state index in [1.54, 1.807) is 11.8 Å². The molecule has 1 aliphatic carbocycles. The number of Topliss-reactive ketones (excluding diaryl/α,β-unsaturated/α-hetero) is 1. The van der Waals surface area contributed by atoms with Crippen molar-refractivity contribution in [1.29, 1.82) is 0 Å². The van der Waals surface area contributed by atoms with Crippen molar-refractivity contribution in [2.24, 2.45) is 0 Å². The van der Waals surface area contributed by atoms with Crippen LogP contribution in [0.15, 0.2) is 4.42 Å². The average molecular weight is 339 g/mol. The van der Waals surface area contributed by atoms with E-state index >= 15 is 0 Å². The van der Waals surface area contributed by atoms with Gasteiger partial charge < -0.3 is 9.32 Å². The molecule has 3 rings (SSSR count). The summed E-state index contributed by atoms with van der Waals surface area (Å²) in [4.78, 5) is 26.8. The highest BCUT2D eigenvalue weighted by Gasteiger charge is 2.38. The van der Waals surface area contributed by atoms with Crippen LogP contribution < -0.4 is 0 Å². The van der Waals surface area contributed by atoms with E-state index in [4.69, 9.17) is 4.42 Å². The molecule has 1 aromatic rings. The molecule has 0 bridgehead atoms. The fourth-order valence-corrected chi connectivity index (χ4v) is 5.33. The van der Waals surface area contributed by atoms with Gasteiger partial charge in [0.1, 0.15) is 11.5 Å². The van der Waals surface area contributed by atoms with Gasteiger partial charge >= 0.3 is 0 Å². The van der Waals surface area contributed by atoms with E-state index in [-0.39, 0.29) is 29.2 Å². The largest absolute Gasteiger partial charge is 0.465 e. The number of sulfone groups is 1. The third kappa shape index (κ3) is 2.82. The highest BCUT2D eigenvalue weighted by atomic mass is 32.2. The summed E-state index contributed by atoms with van der Waals surface area (Å²) >= 11 is 0. The van der Waals surface area contributed by atoms with Crippen molar-refractivity contribution in [2.45, 2.75) is 45.6 Å². The smallest absolute Gasteiger partial charge is 0.258 e. The average Bonchev–Trinajstić information content (AvgIpc) is 2.99. The van der Waals surface area contributed by atoms with Gasteiger partial charge in [-0.05, 0) is 26.7 Å². The number of rotatable bonds is 3. The Morgan fingerprint density at radius 1 is 1.35 bits per heavy atom. The Morgan fingerprint density at radius 2 is 2.09 bits per heavy atom. The molecular formula is C16H21NO5S. The van der Waals surface area contributed by atoms with Gasteiger partial charge in [-0.2, -0.15) is 0 Å². The number of furan rings is 1. The van der Waals surface area contributed by atoms with Gasteiger partial charge in [0, 0.05) is 25.4 Å². The van der Waals surface area contributed by atoms with Crippen LogP contribution in [0.1, 0.15) is 58.4 Å². The summed E-state index contributed by atoms with van der Waals surface area (Å²) in [5, 5.41) is 0. The zero-order valence-electron chi connectivity index (χ0n) is 13.4. The molecule has 0 aromatic carbocycles. The monoisotopic (exact) mass is 339 g/mol. The molecule has 2 heterocycles. The van der Waals surface area contributed by atoms with Crippen molar-refractivity contribution in [1.82, 2.24) is 4.90 Å². The molecule has 0 radical (unpaired) electrons. The predicted molar refractivity (Wildman–Crippen MR) is 84.5 cm³/mol. The van der Waals surface area contributed by atoms with Gasteiger partial charge in [-0.25, -0.2) is 8.42 Å². The Hall–Kier alpha value is -1.63. The number of amides is 1. The van der Waals surface area contributed by atoms with Crippen LogP contribution in [0.3, 0.4) is 0 Å². The van der Waals surface area contributed by atoms with Gasteiger partial charge in [0.25, 0.3) is 5.91 Å². The molecule has 1 fully saturated rings. The van der Waals surface area contributed by atoms with Crippen molar-refractivity contribution in [3.05, 3.63) is 22.6 Å². The first-order chi connectivity index (χ1) is 10.8. The zero-order chi connectivity index (χ0) is 16.8. The third-order valence-corrected chi connectivity index (χ3v) is 6.46. The molecular weight excluding hydrogens is 318 g/mol. The maximum atomic E-state index is 13.0. The molecule has 0 N–H and O–H groups in total. The lowest BCUT2D eigenvalue weighted by atomic mass is 9.92. The lowest BCUT2D eigenvalue weighted by molar-refractivity contribution is 0.0702. The van der Waals surface area contributed by atoms with Crippen LogP contribution in [0.5, 0.6) is 0 Å². The summed E-state index contributed by atoms with van der Waals surface area (Å²) in [5.74, 6) is 0.822. The quantitative estimate of drug-likeness (QED) is 0.838. The molecule has 1 amide bonds. The second-order valence-electron chi connectivity index (χ2n) is 6.26. The minimum atomic E-state index is -3.08. The minimum absolute atomic E-state index is 0.000381. The molecule has 1 saturated heterocycles. The van der Waals surface area contributed by atoms with Crippen molar-refractivity contribution in [3.63, 3.8) is 0 Å². The van der Waals surface area contributed by atoms with E-state index in [1.807, 2.05) is 6.92 Å². The molecule has 2 aliphatic rings. The number of carbonyl (C=O) groups excluding carboxylic acids is 2. The summed E-state index contributed by atoms with van der Waals surface area (Å²) in [6, 6.07) is -0.318. The van der Waals surface area contributed by atoms with Crippen LogP contribution in [-0.2, 0) is 16.3 Å². The van der Waals surface area contributed by atoms with Gasteiger partial charge in [0.15, 0.2) is 15.6 Å². The van der Waals surface area contributed by atoms with Crippen LogP contribution in [0.25, 0.3) is 0 Å². The van der Waals surface area contributed by atoms with Gasteiger partial charge in [-0.3, -0.25) is 9.59 Å². The summed E-state index contributed by atoms with van der Waals surface area (Å²) < 4.78 is 29.1. The first-order valence-corrected chi connectivity index (χ1v) is 9.83. The van der Waals surface area contributed by atoms with Crippen molar-refractivity contribution in [3.8, 4) is 0 Å². The van der Waals surface area contributed by atoms with Crippen LogP contribution in [0.4, 0.5) is 0 Å². The number of nitrogens with zero attached hydrogens (tertiary/aromatic N) is 1. The molecule has 0 unspecified atom stereocenters. The van der Waals surface area contributed by atoms with Crippen LogP contribution in [0.2, 0.25) is 0 Å². The van der Waals surface area contributed by atoms with E-state index in [0.717, 1.165) is 6.42 Å². The Bertz CT molecular complexity index is 762. The molecule has 0 saturated carbocycles. The predicted octanol–water partition coefficient (Wildman–Crippen LogP) is 1.76. The summed E-state index contributed by atoms with van der Waals surface area (Å²) in [6.45, 7) is 3.93. The van der Waals surface area contributed by atoms with E-state index in [0.29, 0.717) is 48.5 Å². The van der Waals surface area contributed by atoms with Gasteiger partial charge in [-0.15, -0.1) is 0 Å². The van der Waals surface area contributed by atoms with Crippen LogP contribution in [-0.4, -0.2) is 49.1 Å². The van der Waals surface area contributed by atoms with E-state index in [2.05, 4.69) is 0 Å². The van der Waals surface area contributed by atoms with E-state index in [9.17, 15) is 18.0 Å². The van der Waals surface area contributed by atoms with Crippen molar-refractivity contribution < 1.29 is 22.4 Å². The van der Waals surface area contributed by atoms with Crippen LogP contribution in [0, 0.1) is 6.92 Å². The van der Waals surface area contributed by atoms with E-state index in [1.165, 1.54) is 0 Å². The molecule has 1 aliphatic heterocycles. The number of carbonyl (C=O) groups is 2. The van der Waals surface area contributed by atoms with Crippen molar-refractivity contribution in [2.75, 3.05) is 18.1 Å². The lowest BCUT2D eigenvalue weighted by Crippen LogP contribution is -2.41. The number of hydrogen-bond acceptors (Lipinski definition) is 5. The van der Waals surface area contributed by atoms with Gasteiger partial charge in [0.05, 0.1) is 22.6 Å². The third-order valence-electron chi connectivity index (χ3n) is 4.71. The first kappa shape index (κ1) is 16.2. The molecule has 6 nitrogen and oxygen atoms in total. The van der Waals surface area contributed by atoms with Crippen molar-refractivity contribution >= 4 is 21.5 Å². The van der Waals surface area contributed by atoms with Gasteiger partial charge in [0.2, 0.25) is 0 Å². The maximum absolute atomic E-state index is 13.0. The number of fused-ring (bicyclic) bond motifs is 1. The molecule has 7 heteroatoms. The fourth-order valence-electron chi connectivity index (χ4n) is 3.60. The number of ketones is 1. The number of hydrogen-bond donors (Lipinski definition) is 0. The molecule has 23 heavy (non-hydrogen) atoms. The summed E-state index contributed by atoms with van der Waals surface area (Å²) in [5.41, 5.74) is 0.744. The van der Waals surface area contributed by atoms with Gasteiger partial charge in [-0.1, -0.05) is 0 Å². The molecule has 126 valence electrons. The molecule has 0 spiro atoms. The first-order valence-electron chi connectivity index (χ1n) is 8.01.